The summed E-state index contributed by atoms with van der Waals surface area (Å²) in [7, 11) is 3.09. The lowest BCUT2D eigenvalue weighted by molar-refractivity contribution is -0.384. The summed E-state index contributed by atoms with van der Waals surface area (Å²) in [5.41, 5.74) is 1.78. The van der Waals surface area contributed by atoms with Crippen molar-refractivity contribution in [2.24, 2.45) is 0 Å². The summed E-state index contributed by atoms with van der Waals surface area (Å²) < 4.78 is 12.2. The summed E-state index contributed by atoms with van der Waals surface area (Å²) in [6, 6.07) is 9.53. The zero-order chi connectivity index (χ0) is 28.4. The molecule has 204 valence electrons. The lowest BCUT2D eigenvalue weighted by Crippen LogP contribution is -2.23. The zero-order valence-corrected chi connectivity index (χ0v) is 22.5. The molecule has 0 aliphatic carbocycles. The van der Waals surface area contributed by atoms with E-state index in [1.165, 1.54) is 43.1 Å². The monoisotopic (exact) mass is 552 g/mol. The van der Waals surface area contributed by atoms with Crippen molar-refractivity contribution in [3.8, 4) is 11.5 Å². The molecule has 0 fully saturated rings. The number of amides is 2. The number of thioether (sulfide) groups is 1. The van der Waals surface area contributed by atoms with Gasteiger partial charge in [-0.2, -0.15) is 0 Å². The van der Waals surface area contributed by atoms with Crippen LogP contribution in [0.25, 0.3) is 6.08 Å². The molecule has 2 aromatic carbocycles. The van der Waals surface area contributed by atoms with Crippen molar-refractivity contribution in [3.05, 3.63) is 82.2 Å². The molecule has 39 heavy (non-hydrogen) atoms. The average Bonchev–Trinajstić information content (AvgIpc) is 3.31. The first-order valence-electron chi connectivity index (χ1n) is 11.6. The fourth-order valence-electron chi connectivity index (χ4n) is 3.44. The molecule has 0 spiro atoms. The Morgan fingerprint density at radius 1 is 1.15 bits per heavy atom. The van der Waals surface area contributed by atoms with Crippen LogP contribution in [0.1, 0.15) is 17.0 Å². The highest BCUT2D eigenvalue weighted by Crippen LogP contribution is 2.28. The molecule has 3 aromatic rings. The summed E-state index contributed by atoms with van der Waals surface area (Å²) >= 11 is 1.17. The van der Waals surface area contributed by atoms with Gasteiger partial charge in [0.15, 0.2) is 22.5 Å². The number of nitro groups is 1. The molecule has 1 heterocycles. The number of nitro benzene ring substituents is 1. The number of nitrogens with one attached hydrogen (secondary N) is 2. The number of nitrogens with zero attached hydrogens (tertiary/aromatic N) is 4. The lowest BCUT2D eigenvalue weighted by atomic mass is 10.2. The van der Waals surface area contributed by atoms with Gasteiger partial charge in [-0.1, -0.05) is 23.9 Å². The first-order valence-corrected chi connectivity index (χ1v) is 12.6. The highest BCUT2D eigenvalue weighted by atomic mass is 32.2. The van der Waals surface area contributed by atoms with Crippen molar-refractivity contribution in [1.82, 2.24) is 20.1 Å². The van der Waals surface area contributed by atoms with E-state index in [9.17, 15) is 19.7 Å². The second-order valence-electron chi connectivity index (χ2n) is 8.06. The molecule has 0 aliphatic heterocycles. The number of carbonyl (C=O) groups excluding carboxylic acids is 2. The molecule has 0 radical (unpaired) electrons. The van der Waals surface area contributed by atoms with Gasteiger partial charge >= 0.3 is 0 Å². The van der Waals surface area contributed by atoms with E-state index >= 15 is 0 Å². The molecule has 12 nitrogen and oxygen atoms in total. The van der Waals surface area contributed by atoms with E-state index in [1.54, 1.807) is 49.0 Å². The van der Waals surface area contributed by atoms with Crippen LogP contribution in [0, 0.1) is 17.0 Å². The number of allylic oxidation sites excluding steroid dienone is 1. The van der Waals surface area contributed by atoms with Crippen molar-refractivity contribution in [1.29, 1.82) is 0 Å². The number of benzene rings is 2. The highest BCUT2D eigenvalue weighted by Gasteiger charge is 2.15. The molecule has 0 saturated carbocycles. The quantitative estimate of drug-likeness (QED) is 0.106. The predicted octanol–water partition coefficient (Wildman–Crippen LogP) is 3.76. The smallest absolute Gasteiger partial charge is 0.269 e. The number of aryl methyl sites for hydroxylation is 1. The van der Waals surface area contributed by atoms with Crippen LogP contribution in [0.2, 0.25) is 0 Å². The van der Waals surface area contributed by atoms with E-state index in [1.807, 2.05) is 0 Å². The van der Waals surface area contributed by atoms with E-state index in [2.05, 4.69) is 27.4 Å². The van der Waals surface area contributed by atoms with E-state index in [0.717, 1.165) is 5.56 Å². The van der Waals surface area contributed by atoms with Crippen molar-refractivity contribution >= 4 is 41.0 Å². The Hall–Kier alpha value is -4.65. The Bertz CT molecular complexity index is 1400. The van der Waals surface area contributed by atoms with Crippen LogP contribution in [-0.2, 0) is 22.7 Å². The van der Waals surface area contributed by atoms with E-state index < -0.39 is 4.92 Å². The summed E-state index contributed by atoms with van der Waals surface area (Å²) in [6.07, 6.45) is 4.71. The van der Waals surface area contributed by atoms with Crippen LogP contribution >= 0.6 is 11.8 Å². The lowest BCUT2D eigenvalue weighted by Gasteiger charge is -2.09. The maximum Gasteiger partial charge on any atom is 0.269 e. The van der Waals surface area contributed by atoms with Crippen LogP contribution in [-0.4, -0.2) is 51.5 Å². The SMILES string of the molecule is C=CCn1c(CNC(=O)C=Cc2ccc(OC)c(OC)c2)nnc1SCC(=O)Nc1ccc([N+](=O)[O-])cc1C. The van der Waals surface area contributed by atoms with Gasteiger partial charge in [-0.05, 0) is 42.3 Å². The van der Waals surface area contributed by atoms with Crippen molar-refractivity contribution < 1.29 is 24.0 Å². The maximum absolute atomic E-state index is 12.5. The largest absolute Gasteiger partial charge is 0.493 e. The zero-order valence-electron chi connectivity index (χ0n) is 21.7. The highest BCUT2D eigenvalue weighted by molar-refractivity contribution is 7.99. The van der Waals surface area contributed by atoms with E-state index in [0.29, 0.717) is 40.3 Å². The number of ether oxygens (including phenoxy) is 2. The summed E-state index contributed by atoms with van der Waals surface area (Å²) in [6.45, 7) is 5.93. The Balaban J connectivity index is 1.58. The van der Waals surface area contributed by atoms with Gasteiger partial charge in [-0.25, -0.2) is 0 Å². The Morgan fingerprint density at radius 2 is 1.92 bits per heavy atom. The van der Waals surface area contributed by atoms with Crippen LogP contribution < -0.4 is 20.1 Å². The predicted molar refractivity (Wildman–Crippen MR) is 148 cm³/mol. The molecule has 2 N–H and O–H groups in total. The van der Waals surface area contributed by atoms with Gasteiger partial charge in [0.05, 0.1) is 31.4 Å². The molecule has 0 atom stereocenters. The average molecular weight is 553 g/mol. The molecule has 3 rings (SSSR count). The van der Waals surface area contributed by atoms with Crippen molar-refractivity contribution in [2.45, 2.75) is 25.2 Å². The molecule has 0 unspecified atom stereocenters. The molecule has 13 heteroatoms. The first kappa shape index (κ1) is 28.9. The van der Waals surface area contributed by atoms with Gasteiger partial charge in [0.1, 0.15) is 0 Å². The fraction of sp³-hybridized carbons (Fsp3) is 0.231. The minimum absolute atomic E-state index is 0.0339. The van der Waals surface area contributed by atoms with Crippen molar-refractivity contribution in [2.75, 3.05) is 25.3 Å². The standard InChI is InChI=1S/C26H28N6O6S/c1-5-12-31-23(15-27-24(33)11-7-18-6-10-21(37-3)22(14-18)38-4)29-30-26(31)39-16-25(34)28-20-9-8-19(32(35)36)13-17(20)2/h5-11,13-14H,1,12,15-16H2,2-4H3,(H,27,33)(H,28,34). The normalized spacial score (nSPS) is 10.7. The topological polar surface area (TPSA) is 151 Å². The number of hydrogen-bond donors (Lipinski definition) is 2. The third-order valence-corrected chi connectivity index (χ3v) is 6.35. The van der Waals surface area contributed by atoms with Crippen molar-refractivity contribution in [3.63, 3.8) is 0 Å². The molecule has 0 saturated heterocycles. The van der Waals surface area contributed by atoms with Crippen LogP contribution in [0.3, 0.4) is 0 Å². The van der Waals surface area contributed by atoms with Gasteiger partial charge in [0, 0.05) is 30.4 Å². The molecule has 1 aromatic heterocycles. The summed E-state index contributed by atoms with van der Waals surface area (Å²) in [4.78, 5) is 35.3. The van der Waals surface area contributed by atoms with Gasteiger partial charge in [0.2, 0.25) is 11.8 Å². The molecule has 2 amide bonds. The van der Waals surface area contributed by atoms with Crippen LogP contribution in [0.5, 0.6) is 11.5 Å². The molecular weight excluding hydrogens is 524 g/mol. The number of hydrogen-bond acceptors (Lipinski definition) is 9. The van der Waals surface area contributed by atoms with Crippen LogP contribution in [0.4, 0.5) is 11.4 Å². The summed E-state index contributed by atoms with van der Waals surface area (Å²) in [5.74, 6) is 1.04. The molecule has 0 bridgehead atoms. The number of anilines is 1. The fourth-order valence-corrected chi connectivity index (χ4v) is 4.21. The minimum atomic E-state index is -0.491. The number of rotatable bonds is 13. The van der Waals surface area contributed by atoms with Gasteiger partial charge in [0.25, 0.3) is 5.69 Å². The third-order valence-electron chi connectivity index (χ3n) is 5.39. The number of aromatic nitrogens is 3. The Kier molecular flexibility index (Phi) is 10.2. The number of non-ortho nitro benzene ring substituents is 1. The van der Waals surface area contributed by atoms with Gasteiger partial charge in [-0.15, -0.1) is 16.8 Å². The first-order chi connectivity index (χ1) is 18.7. The van der Waals surface area contributed by atoms with Gasteiger partial charge < -0.3 is 24.7 Å². The number of carbonyl (C=O) groups is 2. The summed E-state index contributed by atoms with van der Waals surface area (Å²) in [5, 5.41) is 25.2. The Morgan fingerprint density at radius 3 is 2.59 bits per heavy atom. The maximum atomic E-state index is 12.5. The van der Waals surface area contributed by atoms with E-state index in [-0.39, 0.29) is 29.8 Å². The third kappa shape index (κ3) is 7.92. The molecular formula is C26H28N6O6S. The molecule has 0 aliphatic rings. The second-order valence-corrected chi connectivity index (χ2v) is 9.00. The second kappa shape index (κ2) is 13.8. The number of methoxy groups -OCH3 is 2. The minimum Gasteiger partial charge on any atom is -0.493 e. The van der Waals surface area contributed by atoms with E-state index in [4.69, 9.17) is 9.47 Å². The van der Waals surface area contributed by atoms with Crippen LogP contribution in [0.15, 0.2) is 60.3 Å². The van der Waals surface area contributed by atoms with Gasteiger partial charge in [-0.3, -0.25) is 19.7 Å². The Labute approximate surface area is 229 Å².